The van der Waals surface area contributed by atoms with Crippen LogP contribution in [0, 0.1) is 0 Å². The fourth-order valence-electron chi connectivity index (χ4n) is 4.38. The molecule has 6 rings (SSSR count). The van der Waals surface area contributed by atoms with E-state index in [4.69, 9.17) is 0 Å². The highest BCUT2D eigenvalue weighted by atomic mass is 32.1. The first-order valence-electron chi connectivity index (χ1n) is 10.8. The summed E-state index contributed by atoms with van der Waals surface area (Å²) in [5, 5.41) is 15.8. The maximum absolute atomic E-state index is 9.88. The Hall–Kier alpha value is -3.43. The monoisotopic (exact) mass is 445 g/mol. The normalized spacial score (nSPS) is 15.0. The van der Waals surface area contributed by atoms with Gasteiger partial charge in [-0.3, -0.25) is 9.30 Å². The van der Waals surface area contributed by atoms with Crippen LogP contribution in [0.4, 0.5) is 10.9 Å². The van der Waals surface area contributed by atoms with E-state index in [1.807, 2.05) is 41.2 Å². The van der Waals surface area contributed by atoms with Gasteiger partial charge < -0.3 is 15.4 Å². The smallest absolute Gasteiger partial charge is 0.196 e. The molecule has 0 unspecified atom stereocenters. The Morgan fingerprint density at radius 3 is 2.91 bits per heavy atom. The summed E-state index contributed by atoms with van der Waals surface area (Å²) in [6, 6.07) is 5.92. The third-order valence-corrected chi connectivity index (χ3v) is 6.90. The lowest BCUT2D eigenvalue weighted by atomic mass is 10.1. The number of hydrogen-bond acceptors (Lipinski definition) is 7. The minimum Gasteiger partial charge on any atom is -0.494 e. The van der Waals surface area contributed by atoms with Crippen molar-refractivity contribution in [3.05, 3.63) is 54.1 Å². The Balaban J connectivity index is 1.28. The molecule has 162 valence electrons. The highest BCUT2D eigenvalue weighted by molar-refractivity contribution is 7.15. The number of aromatic hydroxyl groups is 1. The second kappa shape index (κ2) is 7.92. The van der Waals surface area contributed by atoms with E-state index in [-0.39, 0.29) is 5.88 Å². The minimum atomic E-state index is 0.181. The number of nitrogens with one attached hydrogen (secondary N) is 2. The molecule has 0 saturated carbocycles. The zero-order valence-electron chi connectivity index (χ0n) is 17.5. The Labute approximate surface area is 188 Å². The van der Waals surface area contributed by atoms with Crippen molar-refractivity contribution in [2.24, 2.45) is 0 Å². The number of nitrogens with zero attached hydrogens (tertiary/aromatic N) is 5. The number of anilines is 2. The summed E-state index contributed by atoms with van der Waals surface area (Å²) in [7, 11) is 0. The first-order chi connectivity index (χ1) is 15.7. The molecule has 1 aliphatic heterocycles. The number of piperidine rings is 1. The minimum absolute atomic E-state index is 0.181. The van der Waals surface area contributed by atoms with Gasteiger partial charge in [0.1, 0.15) is 0 Å². The molecule has 0 spiro atoms. The van der Waals surface area contributed by atoms with Crippen LogP contribution in [0.1, 0.15) is 24.1 Å². The van der Waals surface area contributed by atoms with E-state index in [1.54, 1.807) is 23.7 Å². The van der Waals surface area contributed by atoms with Crippen LogP contribution in [-0.2, 0) is 6.54 Å². The van der Waals surface area contributed by atoms with Gasteiger partial charge in [-0.25, -0.2) is 15.0 Å². The van der Waals surface area contributed by atoms with Gasteiger partial charge in [0, 0.05) is 52.5 Å². The van der Waals surface area contributed by atoms with Crippen LogP contribution < -0.4 is 5.32 Å². The molecule has 8 nitrogen and oxygen atoms in total. The molecule has 1 fully saturated rings. The van der Waals surface area contributed by atoms with Gasteiger partial charge >= 0.3 is 0 Å². The zero-order valence-corrected chi connectivity index (χ0v) is 18.3. The van der Waals surface area contributed by atoms with Gasteiger partial charge in [-0.1, -0.05) is 12.5 Å². The predicted octanol–water partition coefficient (Wildman–Crippen LogP) is 4.77. The summed E-state index contributed by atoms with van der Waals surface area (Å²) < 4.78 is 2.02. The van der Waals surface area contributed by atoms with Gasteiger partial charge in [0.15, 0.2) is 22.5 Å². The molecule has 3 N–H and O–H groups in total. The first-order valence-corrected chi connectivity index (χ1v) is 11.6. The molecule has 1 saturated heterocycles. The van der Waals surface area contributed by atoms with Gasteiger partial charge in [-0.05, 0) is 38.1 Å². The van der Waals surface area contributed by atoms with Crippen LogP contribution in [-0.4, -0.2) is 47.4 Å². The summed E-state index contributed by atoms with van der Waals surface area (Å²) in [6.07, 6.45) is 13.2. The number of rotatable bonds is 5. The van der Waals surface area contributed by atoms with Crippen molar-refractivity contribution in [2.75, 3.05) is 18.4 Å². The molecule has 9 heteroatoms. The summed E-state index contributed by atoms with van der Waals surface area (Å²) in [5.41, 5.74) is 2.67. The number of aromatic nitrogens is 5. The lowest BCUT2D eigenvalue weighted by Gasteiger charge is -2.25. The van der Waals surface area contributed by atoms with Crippen molar-refractivity contribution < 1.29 is 5.11 Å². The summed E-state index contributed by atoms with van der Waals surface area (Å²) >= 11 is 1.67. The quantitative estimate of drug-likeness (QED) is 0.361. The van der Waals surface area contributed by atoms with Crippen molar-refractivity contribution in [2.45, 2.75) is 25.8 Å². The fourth-order valence-corrected chi connectivity index (χ4v) is 5.23. The number of likely N-dealkylation sites (tertiary alicyclic amines) is 1. The Morgan fingerprint density at radius 1 is 1.09 bits per heavy atom. The average molecular weight is 446 g/mol. The number of fused-ring (bicyclic) bond motifs is 2. The van der Waals surface area contributed by atoms with Crippen LogP contribution in [0.2, 0.25) is 0 Å². The Kier molecular flexibility index (Phi) is 4.77. The van der Waals surface area contributed by atoms with E-state index < -0.39 is 0 Å². The maximum atomic E-state index is 9.88. The van der Waals surface area contributed by atoms with Crippen molar-refractivity contribution >= 4 is 38.7 Å². The molecule has 5 heterocycles. The number of hydrogen-bond donors (Lipinski definition) is 3. The summed E-state index contributed by atoms with van der Waals surface area (Å²) in [4.78, 5) is 20.4. The zero-order chi connectivity index (χ0) is 21.5. The largest absolute Gasteiger partial charge is 0.494 e. The van der Waals surface area contributed by atoms with Crippen LogP contribution in [0.15, 0.2) is 49.2 Å². The lowest BCUT2D eigenvalue weighted by Crippen LogP contribution is -2.28. The summed E-state index contributed by atoms with van der Waals surface area (Å²) in [5.74, 6) is 0.859. The number of thiazole rings is 1. The number of aromatic amines is 1. The molecule has 0 radical (unpaired) electrons. The van der Waals surface area contributed by atoms with Gasteiger partial charge in [-0.15, -0.1) is 11.3 Å². The molecule has 0 bridgehead atoms. The second-order valence-electron chi connectivity index (χ2n) is 8.15. The molecular formula is C23H23N7OS. The van der Waals surface area contributed by atoms with Crippen molar-refractivity contribution in [1.29, 1.82) is 0 Å². The number of imidazole rings is 1. The van der Waals surface area contributed by atoms with Crippen molar-refractivity contribution in [3.63, 3.8) is 0 Å². The van der Waals surface area contributed by atoms with Crippen LogP contribution in [0.25, 0.3) is 27.7 Å². The third-order valence-electron chi connectivity index (χ3n) is 6.00. The molecule has 0 aliphatic carbocycles. The van der Waals surface area contributed by atoms with Gasteiger partial charge in [0.25, 0.3) is 0 Å². The molecule has 1 aliphatic rings. The third kappa shape index (κ3) is 3.49. The highest BCUT2D eigenvalue weighted by Crippen LogP contribution is 2.31. The van der Waals surface area contributed by atoms with Crippen LogP contribution in [0.3, 0.4) is 0 Å². The molecule has 32 heavy (non-hydrogen) atoms. The van der Waals surface area contributed by atoms with Gasteiger partial charge in [0.2, 0.25) is 0 Å². The van der Waals surface area contributed by atoms with E-state index >= 15 is 0 Å². The van der Waals surface area contributed by atoms with E-state index in [0.29, 0.717) is 5.82 Å². The molecule has 1 aromatic carbocycles. The molecule has 0 amide bonds. The van der Waals surface area contributed by atoms with E-state index in [2.05, 4.69) is 30.2 Å². The van der Waals surface area contributed by atoms with Gasteiger partial charge in [0.05, 0.1) is 11.9 Å². The van der Waals surface area contributed by atoms with Crippen molar-refractivity contribution in [3.8, 4) is 17.1 Å². The standard InChI is InChI=1S/C23H23N7OS/c31-22-18-5-4-15(10-16(18)11-26-22)19-13-25-20(21-24-6-9-30(19)21)28-23-27-12-17(32-23)14-29-7-2-1-3-8-29/h4-6,9-13,26,31H,1-3,7-8,14H2,(H,25,27,28). The van der Waals surface area contributed by atoms with Crippen molar-refractivity contribution in [1.82, 2.24) is 29.2 Å². The molecule has 5 aromatic rings. The predicted molar refractivity (Wildman–Crippen MR) is 126 cm³/mol. The average Bonchev–Trinajstić information content (AvgIpc) is 3.56. The van der Waals surface area contributed by atoms with E-state index in [0.717, 1.165) is 39.4 Å². The van der Waals surface area contributed by atoms with Gasteiger partial charge in [-0.2, -0.15) is 0 Å². The first kappa shape index (κ1) is 19.3. The lowest BCUT2D eigenvalue weighted by molar-refractivity contribution is 0.222. The number of benzene rings is 1. The highest BCUT2D eigenvalue weighted by Gasteiger charge is 2.15. The Morgan fingerprint density at radius 2 is 2.00 bits per heavy atom. The molecular weight excluding hydrogens is 422 g/mol. The fraction of sp³-hybridized carbons (Fsp3) is 0.261. The topological polar surface area (TPSA) is 94.4 Å². The molecule has 0 atom stereocenters. The molecule has 4 aromatic heterocycles. The Bertz CT molecular complexity index is 1400. The SMILES string of the molecule is Oc1[nH]cc2cc(-c3cnc(Nc4ncc(CN5CCCCC5)s4)c4nccn34)ccc12. The van der Waals surface area contributed by atoms with Crippen LogP contribution >= 0.6 is 11.3 Å². The maximum Gasteiger partial charge on any atom is 0.196 e. The van der Waals surface area contributed by atoms with E-state index in [9.17, 15) is 5.11 Å². The van der Waals surface area contributed by atoms with Crippen LogP contribution in [0.5, 0.6) is 5.88 Å². The van der Waals surface area contributed by atoms with E-state index in [1.165, 1.54) is 37.2 Å². The second-order valence-corrected chi connectivity index (χ2v) is 9.26. The number of H-pyrrole nitrogens is 1. The summed E-state index contributed by atoms with van der Waals surface area (Å²) in [6.45, 7) is 3.31.